The molecule has 90 valence electrons. The molecular weight excluding hydrogens is 226 g/mol. The van der Waals surface area contributed by atoms with Gasteiger partial charge in [-0.15, -0.1) is 0 Å². The molecule has 0 atom stereocenters. The standard InChI is InChI=1S/C15H13NO2/c1-12-7-9-13(10-8-12)11-15(16(17)18)14-5-3-2-4-6-14/h2-11H,1H3/b15-11+. The van der Waals surface area contributed by atoms with Crippen LogP contribution in [0.15, 0.2) is 54.6 Å². The fraction of sp³-hybridized carbons (Fsp3) is 0.0667. The Kier molecular flexibility index (Phi) is 3.53. The summed E-state index contributed by atoms with van der Waals surface area (Å²) in [7, 11) is 0. The van der Waals surface area contributed by atoms with Crippen LogP contribution in [0.1, 0.15) is 16.7 Å². The summed E-state index contributed by atoms with van der Waals surface area (Å²) in [6.45, 7) is 1.99. The Morgan fingerprint density at radius 2 is 1.67 bits per heavy atom. The smallest absolute Gasteiger partial charge is 0.258 e. The number of nitrogens with zero attached hydrogens (tertiary/aromatic N) is 1. The quantitative estimate of drug-likeness (QED) is 0.465. The summed E-state index contributed by atoms with van der Waals surface area (Å²) < 4.78 is 0. The number of rotatable bonds is 3. The maximum atomic E-state index is 11.1. The second-order valence-corrected chi connectivity index (χ2v) is 4.06. The van der Waals surface area contributed by atoms with Crippen molar-refractivity contribution in [2.45, 2.75) is 6.92 Å². The minimum atomic E-state index is -0.352. The Labute approximate surface area is 106 Å². The first-order valence-electron chi connectivity index (χ1n) is 5.65. The van der Waals surface area contributed by atoms with Crippen molar-refractivity contribution in [1.82, 2.24) is 0 Å². The molecule has 2 aromatic rings. The van der Waals surface area contributed by atoms with E-state index in [0.29, 0.717) is 5.56 Å². The number of hydrogen-bond acceptors (Lipinski definition) is 2. The molecule has 0 saturated heterocycles. The number of nitro groups is 1. The van der Waals surface area contributed by atoms with Crippen molar-refractivity contribution in [3.63, 3.8) is 0 Å². The summed E-state index contributed by atoms with van der Waals surface area (Å²) in [5.74, 6) is 0. The van der Waals surface area contributed by atoms with E-state index in [1.54, 1.807) is 30.3 Å². The van der Waals surface area contributed by atoms with Gasteiger partial charge in [0.2, 0.25) is 0 Å². The molecule has 0 fully saturated rings. The molecular formula is C15H13NO2. The highest BCUT2D eigenvalue weighted by Gasteiger charge is 2.13. The van der Waals surface area contributed by atoms with Gasteiger partial charge < -0.3 is 0 Å². The van der Waals surface area contributed by atoms with E-state index in [2.05, 4.69) is 0 Å². The van der Waals surface area contributed by atoms with Gasteiger partial charge in [-0.05, 0) is 24.6 Å². The monoisotopic (exact) mass is 239 g/mol. The molecule has 0 amide bonds. The molecule has 3 heteroatoms. The van der Waals surface area contributed by atoms with Gasteiger partial charge in [-0.25, -0.2) is 0 Å². The largest absolute Gasteiger partial charge is 0.277 e. The van der Waals surface area contributed by atoms with Gasteiger partial charge in [0.1, 0.15) is 0 Å². The summed E-state index contributed by atoms with van der Waals surface area (Å²) in [5.41, 5.74) is 2.69. The molecule has 0 unspecified atom stereocenters. The molecule has 0 aliphatic heterocycles. The van der Waals surface area contributed by atoms with Crippen LogP contribution in [0, 0.1) is 17.0 Å². The zero-order valence-corrected chi connectivity index (χ0v) is 10.0. The minimum absolute atomic E-state index is 0.111. The van der Waals surface area contributed by atoms with Gasteiger partial charge >= 0.3 is 0 Å². The molecule has 2 rings (SSSR count). The van der Waals surface area contributed by atoms with Crippen LogP contribution in [0.4, 0.5) is 0 Å². The average Bonchev–Trinajstić information content (AvgIpc) is 2.38. The van der Waals surface area contributed by atoms with Crippen LogP contribution in [0.2, 0.25) is 0 Å². The third-order valence-electron chi connectivity index (χ3n) is 2.65. The first-order valence-corrected chi connectivity index (χ1v) is 5.65. The molecule has 2 aromatic carbocycles. The molecule has 18 heavy (non-hydrogen) atoms. The predicted molar refractivity (Wildman–Crippen MR) is 72.5 cm³/mol. The molecule has 0 aliphatic carbocycles. The van der Waals surface area contributed by atoms with Crippen LogP contribution < -0.4 is 0 Å². The maximum Gasteiger partial charge on any atom is 0.277 e. The van der Waals surface area contributed by atoms with Crippen LogP contribution in [0.25, 0.3) is 11.8 Å². The Hall–Kier alpha value is -2.42. The van der Waals surface area contributed by atoms with Gasteiger partial charge in [0.15, 0.2) is 0 Å². The summed E-state index contributed by atoms with van der Waals surface area (Å²) >= 11 is 0. The fourth-order valence-electron chi connectivity index (χ4n) is 1.67. The minimum Gasteiger partial charge on any atom is -0.258 e. The molecule has 0 bridgehead atoms. The van der Waals surface area contributed by atoms with Gasteiger partial charge in [-0.1, -0.05) is 48.0 Å². The van der Waals surface area contributed by atoms with E-state index in [0.717, 1.165) is 11.1 Å². The Balaban J connectivity index is 2.43. The number of aryl methyl sites for hydroxylation is 1. The van der Waals surface area contributed by atoms with Gasteiger partial charge in [-0.2, -0.15) is 0 Å². The van der Waals surface area contributed by atoms with Crippen molar-refractivity contribution < 1.29 is 4.92 Å². The fourth-order valence-corrected chi connectivity index (χ4v) is 1.67. The zero-order valence-electron chi connectivity index (χ0n) is 10.0. The van der Waals surface area contributed by atoms with E-state index in [1.807, 2.05) is 37.3 Å². The highest BCUT2D eigenvalue weighted by atomic mass is 16.6. The van der Waals surface area contributed by atoms with Crippen LogP contribution >= 0.6 is 0 Å². The lowest BCUT2D eigenvalue weighted by atomic mass is 10.1. The predicted octanol–water partition coefficient (Wildman–Crippen LogP) is 3.77. The second kappa shape index (κ2) is 5.27. The summed E-state index contributed by atoms with van der Waals surface area (Å²) in [6, 6.07) is 16.5. The van der Waals surface area contributed by atoms with E-state index in [9.17, 15) is 10.1 Å². The molecule has 0 spiro atoms. The topological polar surface area (TPSA) is 43.1 Å². The summed E-state index contributed by atoms with van der Waals surface area (Å²) in [6.07, 6.45) is 1.59. The Bertz CT molecular complexity index is 571. The van der Waals surface area contributed by atoms with Crippen molar-refractivity contribution >= 4 is 11.8 Å². The van der Waals surface area contributed by atoms with Crippen LogP contribution in [0.3, 0.4) is 0 Å². The normalized spacial score (nSPS) is 11.3. The number of hydrogen-bond donors (Lipinski definition) is 0. The molecule has 3 nitrogen and oxygen atoms in total. The van der Waals surface area contributed by atoms with Crippen molar-refractivity contribution in [2.75, 3.05) is 0 Å². The highest BCUT2D eigenvalue weighted by Crippen LogP contribution is 2.18. The lowest BCUT2D eigenvalue weighted by Gasteiger charge is -1.99. The molecule has 0 N–H and O–H groups in total. The number of benzene rings is 2. The van der Waals surface area contributed by atoms with Crippen LogP contribution in [-0.2, 0) is 0 Å². The molecule has 0 radical (unpaired) electrons. The summed E-state index contributed by atoms with van der Waals surface area (Å²) in [5, 5.41) is 11.1. The zero-order chi connectivity index (χ0) is 13.0. The van der Waals surface area contributed by atoms with E-state index in [4.69, 9.17) is 0 Å². The van der Waals surface area contributed by atoms with E-state index in [-0.39, 0.29) is 10.6 Å². The Morgan fingerprint density at radius 3 is 2.22 bits per heavy atom. The van der Waals surface area contributed by atoms with Gasteiger partial charge in [0.05, 0.1) is 10.5 Å². The molecule has 0 aromatic heterocycles. The van der Waals surface area contributed by atoms with Crippen molar-refractivity contribution in [3.8, 4) is 0 Å². The van der Waals surface area contributed by atoms with Crippen molar-refractivity contribution in [1.29, 1.82) is 0 Å². The first-order chi connectivity index (χ1) is 8.66. The lowest BCUT2D eigenvalue weighted by molar-refractivity contribution is -0.374. The van der Waals surface area contributed by atoms with E-state index in [1.165, 1.54) is 0 Å². The van der Waals surface area contributed by atoms with Gasteiger partial charge in [0, 0.05) is 6.08 Å². The van der Waals surface area contributed by atoms with Crippen molar-refractivity contribution in [3.05, 3.63) is 81.4 Å². The van der Waals surface area contributed by atoms with E-state index < -0.39 is 0 Å². The Morgan fingerprint density at radius 1 is 1.06 bits per heavy atom. The molecule has 0 saturated carbocycles. The average molecular weight is 239 g/mol. The van der Waals surface area contributed by atoms with E-state index >= 15 is 0 Å². The maximum absolute atomic E-state index is 11.1. The summed E-state index contributed by atoms with van der Waals surface area (Å²) in [4.78, 5) is 10.8. The van der Waals surface area contributed by atoms with Crippen LogP contribution in [-0.4, -0.2) is 4.92 Å². The third kappa shape index (κ3) is 2.83. The SMILES string of the molecule is Cc1ccc(/C=C(\c2ccccc2)[N+](=O)[O-])cc1. The van der Waals surface area contributed by atoms with Gasteiger partial charge in [-0.3, -0.25) is 10.1 Å². The highest BCUT2D eigenvalue weighted by molar-refractivity contribution is 5.76. The molecule has 0 heterocycles. The third-order valence-corrected chi connectivity index (χ3v) is 2.65. The second-order valence-electron chi connectivity index (χ2n) is 4.06. The first kappa shape index (κ1) is 12.0. The lowest BCUT2D eigenvalue weighted by Crippen LogP contribution is -1.97. The van der Waals surface area contributed by atoms with Crippen LogP contribution in [0.5, 0.6) is 0 Å². The van der Waals surface area contributed by atoms with Crippen molar-refractivity contribution in [2.24, 2.45) is 0 Å². The molecule has 0 aliphatic rings. The van der Waals surface area contributed by atoms with Gasteiger partial charge in [0.25, 0.3) is 5.70 Å².